The van der Waals surface area contributed by atoms with Crippen molar-refractivity contribution in [2.24, 2.45) is 4.99 Å². The standard InChI is InChI=1S/C16H16ClNO2/c1-10-4-5-13(6-11(10)2)18-9-12-7-14(17)16(19)15(8-12)20-3/h4-9,19H,1-3H3. The third-order valence-corrected chi connectivity index (χ3v) is 3.41. The third-order valence-electron chi connectivity index (χ3n) is 3.12. The first-order chi connectivity index (χ1) is 9.51. The summed E-state index contributed by atoms with van der Waals surface area (Å²) in [6, 6.07) is 9.34. The van der Waals surface area contributed by atoms with Crippen LogP contribution in [0.25, 0.3) is 0 Å². The van der Waals surface area contributed by atoms with Gasteiger partial charge in [-0.3, -0.25) is 4.99 Å². The summed E-state index contributed by atoms with van der Waals surface area (Å²) in [4.78, 5) is 4.40. The van der Waals surface area contributed by atoms with Crippen LogP contribution in [-0.2, 0) is 0 Å². The molecule has 0 unspecified atom stereocenters. The van der Waals surface area contributed by atoms with Crippen molar-refractivity contribution in [1.82, 2.24) is 0 Å². The molecule has 0 heterocycles. The summed E-state index contributed by atoms with van der Waals surface area (Å²) in [6.45, 7) is 4.11. The molecule has 0 radical (unpaired) electrons. The molecule has 1 N–H and O–H groups in total. The minimum atomic E-state index is -0.0579. The van der Waals surface area contributed by atoms with E-state index in [1.165, 1.54) is 18.2 Å². The average Bonchev–Trinajstić information content (AvgIpc) is 2.43. The van der Waals surface area contributed by atoms with Gasteiger partial charge in [0.05, 0.1) is 17.8 Å². The van der Waals surface area contributed by atoms with E-state index >= 15 is 0 Å². The van der Waals surface area contributed by atoms with Gasteiger partial charge in [0.15, 0.2) is 11.5 Å². The first-order valence-electron chi connectivity index (χ1n) is 6.19. The summed E-state index contributed by atoms with van der Waals surface area (Å²) in [5.41, 5.74) is 4.07. The minimum Gasteiger partial charge on any atom is -0.503 e. The van der Waals surface area contributed by atoms with Gasteiger partial charge in [-0.25, -0.2) is 0 Å². The molecular weight excluding hydrogens is 274 g/mol. The Bertz CT molecular complexity index is 666. The number of aromatic hydroxyl groups is 1. The monoisotopic (exact) mass is 289 g/mol. The number of aliphatic imine (C=N–C) groups is 1. The predicted molar refractivity (Wildman–Crippen MR) is 82.8 cm³/mol. The van der Waals surface area contributed by atoms with E-state index in [1.54, 1.807) is 18.3 Å². The molecule has 0 aliphatic rings. The summed E-state index contributed by atoms with van der Waals surface area (Å²) < 4.78 is 5.06. The second kappa shape index (κ2) is 5.97. The lowest BCUT2D eigenvalue weighted by Gasteiger charge is -2.06. The number of rotatable bonds is 3. The molecule has 0 saturated heterocycles. The number of halogens is 1. The smallest absolute Gasteiger partial charge is 0.176 e. The third kappa shape index (κ3) is 3.11. The lowest BCUT2D eigenvalue weighted by atomic mass is 10.1. The number of phenolic OH excluding ortho intramolecular Hbond substituents is 1. The highest BCUT2D eigenvalue weighted by atomic mass is 35.5. The van der Waals surface area contributed by atoms with Crippen LogP contribution in [0.4, 0.5) is 5.69 Å². The summed E-state index contributed by atoms with van der Waals surface area (Å²) in [7, 11) is 1.48. The quantitative estimate of drug-likeness (QED) is 0.850. The van der Waals surface area contributed by atoms with Crippen molar-refractivity contribution in [2.75, 3.05) is 7.11 Å². The molecule has 0 amide bonds. The summed E-state index contributed by atoms with van der Waals surface area (Å²) in [5.74, 6) is 0.275. The number of phenols is 1. The topological polar surface area (TPSA) is 41.8 Å². The number of benzene rings is 2. The highest BCUT2D eigenvalue weighted by Crippen LogP contribution is 2.34. The van der Waals surface area contributed by atoms with Gasteiger partial charge >= 0.3 is 0 Å². The number of nitrogens with zero attached hydrogens (tertiary/aromatic N) is 1. The van der Waals surface area contributed by atoms with Crippen LogP contribution in [0, 0.1) is 13.8 Å². The lowest BCUT2D eigenvalue weighted by Crippen LogP contribution is -1.88. The number of hydrogen-bond acceptors (Lipinski definition) is 3. The molecule has 0 saturated carbocycles. The van der Waals surface area contributed by atoms with E-state index in [0.717, 1.165) is 11.3 Å². The zero-order chi connectivity index (χ0) is 14.7. The molecule has 0 aliphatic heterocycles. The molecule has 0 fully saturated rings. The Kier molecular flexibility index (Phi) is 4.30. The zero-order valence-electron chi connectivity index (χ0n) is 11.6. The van der Waals surface area contributed by atoms with Gasteiger partial charge in [0.2, 0.25) is 0 Å². The van der Waals surface area contributed by atoms with Gasteiger partial charge in [-0.05, 0) is 54.8 Å². The molecule has 20 heavy (non-hydrogen) atoms. The van der Waals surface area contributed by atoms with E-state index in [-0.39, 0.29) is 10.8 Å². The molecule has 2 aromatic rings. The van der Waals surface area contributed by atoms with E-state index in [0.29, 0.717) is 5.75 Å². The van der Waals surface area contributed by atoms with Crippen molar-refractivity contribution in [2.45, 2.75) is 13.8 Å². The lowest BCUT2D eigenvalue weighted by molar-refractivity contribution is 0.373. The molecular formula is C16H16ClNO2. The largest absolute Gasteiger partial charge is 0.503 e. The van der Waals surface area contributed by atoms with E-state index in [2.05, 4.69) is 18.8 Å². The van der Waals surface area contributed by atoms with E-state index in [1.807, 2.05) is 18.2 Å². The zero-order valence-corrected chi connectivity index (χ0v) is 12.4. The van der Waals surface area contributed by atoms with E-state index < -0.39 is 0 Å². The van der Waals surface area contributed by atoms with Crippen molar-refractivity contribution < 1.29 is 9.84 Å². The SMILES string of the molecule is COc1cc(C=Nc2ccc(C)c(C)c2)cc(Cl)c1O. The Hall–Kier alpha value is -2.00. The molecule has 2 aromatic carbocycles. The first-order valence-corrected chi connectivity index (χ1v) is 6.57. The normalized spacial score (nSPS) is 11.0. The van der Waals surface area contributed by atoms with Crippen LogP contribution < -0.4 is 4.74 Å². The van der Waals surface area contributed by atoms with Crippen LogP contribution in [-0.4, -0.2) is 18.4 Å². The Balaban J connectivity index is 2.31. The van der Waals surface area contributed by atoms with Crippen LogP contribution >= 0.6 is 11.6 Å². The summed E-state index contributed by atoms with van der Waals surface area (Å²) in [6.07, 6.45) is 1.69. The average molecular weight is 290 g/mol. The van der Waals surface area contributed by atoms with E-state index in [9.17, 15) is 5.11 Å². The van der Waals surface area contributed by atoms with Gasteiger partial charge in [0.1, 0.15) is 0 Å². The molecule has 2 rings (SSSR count). The molecule has 4 heteroatoms. The molecule has 3 nitrogen and oxygen atoms in total. The van der Waals surface area contributed by atoms with Crippen LogP contribution in [0.1, 0.15) is 16.7 Å². The molecule has 0 aliphatic carbocycles. The fourth-order valence-electron chi connectivity index (χ4n) is 1.78. The van der Waals surface area contributed by atoms with Crippen molar-refractivity contribution in [3.8, 4) is 11.5 Å². The fourth-order valence-corrected chi connectivity index (χ4v) is 2.00. The Morgan fingerprint density at radius 2 is 1.90 bits per heavy atom. The Morgan fingerprint density at radius 3 is 2.55 bits per heavy atom. The second-order valence-corrected chi connectivity index (χ2v) is 4.99. The Morgan fingerprint density at radius 1 is 1.15 bits per heavy atom. The first kappa shape index (κ1) is 14.4. The number of ether oxygens (including phenoxy) is 1. The maximum atomic E-state index is 9.67. The van der Waals surface area contributed by atoms with Crippen LogP contribution in [0.2, 0.25) is 5.02 Å². The van der Waals surface area contributed by atoms with Crippen molar-refractivity contribution in [3.05, 3.63) is 52.0 Å². The molecule has 104 valence electrons. The number of methoxy groups -OCH3 is 1. The highest BCUT2D eigenvalue weighted by molar-refractivity contribution is 6.32. The van der Waals surface area contributed by atoms with Gasteiger partial charge in [-0.1, -0.05) is 17.7 Å². The molecule has 0 aromatic heterocycles. The van der Waals surface area contributed by atoms with Crippen molar-refractivity contribution >= 4 is 23.5 Å². The maximum Gasteiger partial charge on any atom is 0.176 e. The van der Waals surface area contributed by atoms with Gasteiger partial charge < -0.3 is 9.84 Å². The van der Waals surface area contributed by atoms with E-state index in [4.69, 9.17) is 16.3 Å². The Labute approximate surface area is 123 Å². The van der Waals surface area contributed by atoms with Gasteiger partial charge in [0.25, 0.3) is 0 Å². The maximum absolute atomic E-state index is 9.67. The van der Waals surface area contributed by atoms with Crippen LogP contribution in [0.3, 0.4) is 0 Å². The van der Waals surface area contributed by atoms with Crippen molar-refractivity contribution in [1.29, 1.82) is 0 Å². The number of hydrogen-bond donors (Lipinski definition) is 1. The van der Waals surface area contributed by atoms with Gasteiger partial charge in [-0.2, -0.15) is 0 Å². The van der Waals surface area contributed by atoms with Gasteiger partial charge in [-0.15, -0.1) is 0 Å². The highest BCUT2D eigenvalue weighted by Gasteiger charge is 2.07. The predicted octanol–water partition coefficient (Wildman–Crippen LogP) is 4.42. The van der Waals surface area contributed by atoms with Gasteiger partial charge in [0, 0.05) is 6.21 Å². The molecule has 0 spiro atoms. The molecule has 0 atom stereocenters. The van der Waals surface area contributed by atoms with Crippen LogP contribution in [0.15, 0.2) is 35.3 Å². The summed E-state index contributed by atoms with van der Waals surface area (Å²) >= 11 is 5.93. The number of aryl methyl sites for hydroxylation is 2. The second-order valence-electron chi connectivity index (χ2n) is 4.58. The van der Waals surface area contributed by atoms with Crippen LogP contribution in [0.5, 0.6) is 11.5 Å². The minimum absolute atomic E-state index is 0.0579. The summed E-state index contributed by atoms with van der Waals surface area (Å²) in [5, 5.41) is 9.91. The molecule has 0 bridgehead atoms. The van der Waals surface area contributed by atoms with Crippen molar-refractivity contribution in [3.63, 3.8) is 0 Å². The fraction of sp³-hybridized carbons (Fsp3) is 0.188.